The van der Waals surface area contributed by atoms with E-state index in [-0.39, 0.29) is 17.0 Å². The van der Waals surface area contributed by atoms with E-state index in [1.807, 2.05) is 4.57 Å². The van der Waals surface area contributed by atoms with Crippen molar-refractivity contribution in [3.63, 3.8) is 0 Å². The topological polar surface area (TPSA) is 67.7 Å². The van der Waals surface area contributed by atoms with Crippen molar-refractivity contribution in [1.29, 1.82) is 0 Å². The Bertz CT molecular complexity index is 815. The van der Waals surface area contributed by atoms with Crippen LogP contribution in [0.25, 0.3) is 0 Å². The summed E-state index contributed by atoms with van der Waals surface area (Å²) in [6, 6.07) is 0.732. The highest BCUT2D eigenvalue weighted by Gasteiger charge is 2.34. The lowest BCUT2D eigenvalue weighted by Crippen LogP contribution is -2.43. The standard InChI is InChI=1S/C22H36N4O3S/c27-30(28,17-18-5-6-18)22-23-14-20(26(22)16-21-4-3-13-29-21)15-24-11-7-19(8-12-24)25-9-1-2-10-25/h14,18-19,21H,1-13,15-17H2. The first-order valence-corrected chi connectivity index (χ1v) is 13.6. The van der Waals surface area contributed by atoms with Gasteiger partial charge in [-0.05, 0) is 70.4 Å². The first kappa shape index (κ1) is 20.9. The summed E-state index contributed by atoms with van der Waals surface area (Å²) >= 11 is 0. The van der Waals surface area contributed by atoms with Gasteiger partial charge < -0.3 is 14.2 Å². The third-order valence-corrected chi connectivity index (χ3v) is 9.13. The molecular weight excluding hydrogens is 400 g/mol. The van der Waals surface area contributed by atoms with Crippen molar-refractivity contribution in [3.05, 3.63) is 11.9 Å². The summed E-state index contributed by atoms with van der Waals surface area (Å²) in [6.07, 6.45) is 11.2. The van der Waals surface area contributed by atoms with Crippen LogP contribution in [0.3, 0.4) is 0 Å². The van der Waals surface area contributed by atoms with Crippen LogP contribution in [-0.4, -0.2) is 78.5 Å². The predicted octanol–water partition coefficient (Wildman–Crippen LogP) is 2.31. The molecule has 4 fully saturated rings. The van der Waals surface area contributed by atoms with Crippen molar-refractivity contribution in [2.24, 2.45) is 5.92 Å². The van der Waals surface area contributed by atoms with Crippen LogP contribution in [0.4, 0.5) is 0 Å². The van der Waals surface area contributed by atoms with Gasteiger partial charge in [-0.1, -0.05) is 0 Å². The number of imidazole rings is 1. The number of rotatable bonds is 8. The van der Waals surface area contributed by atoms with Crippen molar-refractivity contribution < 1.29 is 13.2 Å². The predicted molar refractivity (Wildman–Crippen MR) is 115 cm³/mol. The van der Waals surface area contributed by atoms with E-state index in [0.29, 0.717) is 12.5 Å². The van der Waals surface area contributed by atoms with Gasteiger partial charge in [-0.15, -0.1) is 0 Å². The highest BCUT2D eigenvalue weighted by molar-refractivity contribution is 7.91. The SMILES string of the molecule is O=S(=O)(CC1CC1)c1ncc(CN2CCC(N3CCCC3)CC2)n1CC1CCCO1. The molecule has 1 aromatic rings. The fraction of sp³-hybridized carbons (Fsp3) is 0.864. The third kappa shape index (κ3) is 4.76. The zero-order valence-electron chi connectivity index (χ0n) is 18.0. The molecule has 3 aliphatic heterocycles. The van der Waals surface area contributed by atoms with E-state index < -0.39 is 9.84 Å². The Kier molecular flexibility index (Phi) is 6.19. The van der Waals surface area contributed by atoms with Crippen molar-refractivity contribution in [2.45, 2.75) is 81.8 Å². The maximum atomic E-state index is 13.0. The van der Waals surface area contributed by atoms with Crippen molar-refractivity contribution >= 4 is 9.84 Å². The van der Waals surface area contributed by atoms with Gasteiger partial charge in [-0.25, -0.2) is 13.4 Å². The Morgan fingerprint density at radius 2 is 1.77 bits per heavy atom. The highest BCUT2D eigenvalue weighted by atomic mass is 32.2. The van der Waals surface area contributed by atoms with Crippen LogP contribution in [0, 0.1) is 5.92 Å². The number of likely N-dealkylation sites (tertiary alicyclic amines) is 2. The molecule has 1 unspecified atom stereocenters. The molecule has 0 aromatic carbocycles. The van der Waals surface area contributed by atoms with Gasteiger partial charge in [-0.2, -0.15) is 0 Å². The summed E-state index contributed by atoms with van der Waals surface area (Å²) in [4.78, 5) is 9.59. The van der Waals surface area contributed by atoms with Crippen LogP contribution >= 0.6 is 0 Å². The van der Waals surface area contributed by atoms with E-state index in [1.165, 1.54) is 38.8 Å². The number of hydrogen-bond donors (Lipinski definition) is 0. The van der Waals surface area contributed by atoms with Gasteiger partial charge in [0, 0.05) is 32.3 Å². The number of sulfone groups is 1. The van der Waals surface area contributed by atoms with Crippen LogP contribution in [0.15, 0.2) is 11.4 Å². The summed E-state index contributed by atoms with van der Waals surface area (Å²) in [5, 5.41) is 0.270. The van der Waals surface area contributed by atoms with Crippen molar-refractivity contribution in [1.82, 2.24) is 19.4 Å². The van der Waals surface area contributed by atoms with Crippen molar-refractivity contribution in [3.8, 4) is 0 Å². The van der Waals surface area contributed by atoms with Crippen LogP contribution in [-0.2, 0) is 27.7 Å². The maximum absolute atomic E-state index is 13.0. The zero-order valence-corrected chi connectivity index (χ0v) is 18.9. The quantitative estimate of drug-likeness (QED) is 0.623. The first-order chi connectivity index (χ1) is 14.6. The summed E-state index contributed by atoms with van der Waals surface area (Å²) in [5.41, 5.74) is 1.03. The second-order valence-electron chi connectivity index (χ2n) is 9.75. The van der Waals surface area contributed by atoms with Gasteiger partial charge in [0.15, 0.2) is 0 Å². The number of ether oxygens (including phenoxy) is 1. The molecule has 0 spiro atoms. The van der Waals surface area contributed by atoms with E-state index in [4.69, 9.17) is 4.74 Å². The van der Waals surface area contributed by atoms with E-state index in [1.54, 1.807) is 6.20 Å². The van der Waals surface area contributed by atoms with E-state index in [9.17, 15) is 8.42 Å². The normalized spacial score (nSPS) is 27.3. The molecule has 1 aromatic heterocycles. The second kappa shape index (κ2) is 8.88. The molecule has 1 saturated carbocycles. The molecule has 0 N–H and O–H groups in total. The molecule has 168 valence electrons. The Hall–Kier alpha value is -0.960. The minimum Gasteiger partial charge on any atom is -0.376 e. The zero-order chi connectivity index (χ0) is 20.6. The summed E-state index contributed by atoms with van der Waals surface area (Å²) in [7, 11) is -3.34. The molecule has 0 bridgehead atoms. The van der Waals surface area contributed by atoms with E-state index in [2.05, 4.69) is 14.8 Å². The number of nitrogens with zero attached hydrogens (tertiary/aromatic N) is 4. The highest BCUT2D eigenvalue weighted by Crippen LogP contribution is 2.32. The van der Waals surface area contributed by atoms with Gasteiger partial charge in [-0.3, -0.25) is 4.90 Å². The maximum Gasteiger partial charge on any atom is 0.227 e. The fourth-order valence-electron chi connectivity index (χ4n) is 5.40. The Morgan fingerprint density at radius 1 is 1.00 bits per heavy atom. The van der Waals surface area contributed by atoms with Crippen LogP contribution in [0.5, 0.6) is 0 Å². The monoisotopic (exact) mass is 436 g/mol. The van der Waals surface area contributed by atoms with E-state index in [0.717, 1.165) is 63.7 Å². The van der Waals surface area contributed by atoms with Crippen LogP contribution in [0.2, 0.25) is 0 Å². The summed E-state index contributed by atoms with van der Waals surface area (Å²) in [5.74, 6) is 0.576. The van der Waals surface area contributed by atoms with Crippen LogP contribution < -0.4 is 0 Å². The van der Waals surface area contributed by atoms with E-state index >= 15 is 0 Å². The lowest BCUT2D eigenvalue weighted by atomic mass is 10.0. The number of aromatic nitrogens is 2. The molecule has 0 radical (unpaired) electrons. The molecule has 1 aliphatic carbocycles. The van der Waals surface area contributed by atoms with Gasteiger partial charge in [0.25, 0.3) is 0 Å². The second-order valence-corrected chi connectivity index (χ2v) is 11.7. The molecule has 3 saturated heterocycles. The molecule has 30 heavy (non-hydrogen) atoms. The summed E-state index contributed by atoms with van der Waals surface area (Å²) in [6.45, 7) is 6.86. The third-order valence-electron chi connectivity index (χ3n) is 7.34. The van der Waals surface area contributed by atoms with Gasteiger partial charge in [0.2, 0.25) is 15.0 Å². The molecular formula is C22H36N4O3S. The molecule has 8 heteroatoms. The first-order valence-electron chi connectivity index (χ1n) is 11.9. The van der Waals surface area contributed by atoms with Gasteiger partial charge in [0.1, 0.15) is 0 Å². The number of piperidine rings is 1. The minimum atomic E-state index is -3.34. The van der Waals surface area contributed by atoms with Crippen LogP contribution in [0.1, 0.15) is 57.1 Å². The smallest absolute Gasteiger partial charge is 0.227 e. The molecule has 4 aliphatic rings. The Labute approximate surface area is 180 Å². The Morgan fingerprint density at radius 3 is 2.43 bits per heavy atom. The molecule has 0 amide bonds. The number of hydrogen-bond acceptors (Lipinski definition) is 6. The minimum absolute atomic E-state index is 0.105. The van der Waals surface area contributed by atoms with Crippen molar-refractivity contribution in [2.75, 3.05) is 38.5 Å². The molecule has 7 nitrogen and oxygen atoms in total. The van der Waals surface area contributed by atoms with Gasteiger partial charge in [0.05, 0.1) is 30.3 Å². The fourth-order valence-corrected chi connectivity index (χ4v) is 7.25. The lowest BCUT2D eigenvalue weighted by Gasteiger charge is -2.36. The largest absolute Gasteiger partial charge is 0.376 e. The molecule has 1 atom stereocenters. The Balaban J connectivity index is 1.29. The molecule has 4 heterocycles. The lowest BCUT2D eigenvalue weighted by molar-refractivity contribution is 0.0914. The molecule has 5 rings (SSSR count). The summed E-state index contributed by atoms with van der Waals surface area (Å²) < 4.78 is 33.9. The average molecular weight is 437 g/mol. The van der Waals surface area contributed by atoms with Gasteiger partial charge >= 0.3 is 0 Å². The average Bonchev–Trinajstić information content (AvgIpc) is 3.16.